The zero-order valence-electron chi connectivity index (χ0n) is 13.6. The monoisotopic (exact) mass is 331 g/mol. The summed E-state index contributed by atoms with van der Waals surface area (Å²) in [5, 5.41) is 6.16. The van der Waals surface area contributed by atoms with E-state index in [0.717, 1.165) is 19.3 Å². The first-order valence-electron chi connectivity index (χ1n) is 8.06. The van der Waals surface area contributed by atoms with Crippen LogP contribution >= 0.6 is 0 Å². The van der Waals surface area contributed by atoms with E-state index in [4.69, 9.17) is 4.74 Å². The van der Waals surface area contributed by atoms with Gasteiger partial charge in [0.15, 0.2) is 0 Å². The highest BCUT2D eigenvalue weighted by molar-refractivity contribution is 5.83. The van der Waals surface area contributed by atoms with Gasteiger partial charge in [-0.2, -0.15) is 0 Å². The van der Waals surface area contributed by atoms with Crippen molar-refractivity contribution in [3.63, 3.8) is 0 Å². The molecule has 7 heteroatoms. The average molecular weight is 331 g/mol. The second kappa shape index (κ2) is 6.60. The summed E-state index contributed by atoms with van der Waals surface area (Å²) in [6, 6.07) is 6.69. The van der Waals surface area contributed by atoms with Gasteiger partial charge < -0.3 is 10.1 Å². The van der Waals surface area contributed by atoms with Crippen molar-refractivity contribution in [2.24, 2.45) is 5.41 Å². The van der Waals surface area contributed by atoms with Crippen molar-refractivity contribution in [3.8, 4) is 0 Å². The fraction of sp³-hybridized carbons (Fsp3) is 0.471. The number of fused-ring (bicyclic) bond motifs is 1. The molecule has 0 saturated heterocycles. The van der Waals surface area contributed by atoms with Crippen LogP contribution in [0.3, 0.4) is 0 Å². The number of benzene rings is 1. The maximum Gasteiger partial charge on any atom is 0.273 e. The number of nitrogens with zero attached hydrogens (tertiary/aromatic N) is 1. The number of nitrogens with one attached hydrogen (secondary N) is 2. The van der Waals surface area contributed by atoms with E-state index >= 15 is 0 Å². The third kappa shape index (κ3) is 2.87. The fourth-order valence-corrected chi connectivity index (χ4v) is 3.19. The number of hydrogen-bond acceptors (Lipinski definition) is 4. The molecule has 0 spiro atoms. The summed E-state index contributed by atoms with van der Waals surface area (Å²) >= 11 is 0. The number of aromatic nitrogens is 2. The van der Waals surface area contributed by atoms with Crippen LogP contribution < -0.4 is 16.4 Å². The highest BCUT2D eigenvalue weighted by Crippen LogP contribution is 2.41. The molecule has 0 aliphatic heterocycles. The first-order valence-corrected chi connectivity index (χ1v) is 8.06. The standard InChI is InChI=1S/C17H21N3O4/c1-24-11-17(7-4-8-17)16(23)18-9-10-20-15(22)13-6-3-2-5-12(13)14(21)19-20/h2-3,5-6H,4,7-11H2,1H3,(H,18,23)(H,19,21). The lowest BCUT2D eigenvalue weighted by atomic mass is 9.68. The second-order valence-electron chi connectivity index (χ2n) is 6.27. The first-order chi connectivity index (χ1) is 11.6. The van der Waals surface area contributed by atoms with Crippen LogP contribution in [-0.4, -0.2) is 35.9 Å². The van der Waals surface area contributed by atoms with Gasteiger partial charge in [-0.05, 0) is 25.0 Å². The summed E-state index contributed by atoms with van der Waals surface area (Å²) in [7, 11) is 1.59. The summed E-state index contributed by atoms with van der Waals surface area (Å²) in [5.41, 5.74) is -1.02. The Bertz CT molecular complexity index is 864. The summed E-state index contributed by atoms with van der Waals surface area (Å²) in [6.07, 6.45) is 2.66. The second-order valence-corrected chi connectivity index (χ2v) is 6.27. The molecular formula is C17H21N3O4. The lowest BCUT2D eigenvalue weighted by Gasteiger charge is -2.39. The number of H-pyrrole nitrogens is 1. The first kappa shape index (κ1) is 16.4. The van der Waals surface area contributed by atoms with Crippen LogP contribution in [0.25, 0.3) is 10.8 Å². The molecule has 128 valence electrons. The van der Waals surface area contributed by atoms with Crippen LogP contribution in [0.4, 0.5) is 0 Å². The molecule has 7 nitrogen and oxygen atoms in total. The van der Waals surface area contributed by atoms with Crippen LogP contribution in [0, 0.1) is 5.41 Å². The van der Waals surface area contributed by atoms with E-state index < -0.39 is 5.41 Å². The van der Waals surface area contributed by atoms with Crippen molar-refractivity contribution in [3.05, 3.63) is 45.0 Å². The molecule has 1 fully saturated rings. The Morgan fingerprint density at radius 3 is 2.62 bits per heavy atom. The lowest BCUT2D eigenvalue weighted by Crippen LogP contribution is -2.49. The van der Waals surface area contributed by atoms with Gasteiger partial charge in [-0.1, -0.05) is 18.6 Å². The number of rotatable bonds is 6. The third-order valence-corrected chi connectivity index (χ3v) is 4.72. The molecule has 1 aliphatic rings. The Morgan fingerprint density at radius 2 is 2.00 bits per heavy atom. The fourth-order valence-electron chi connectivity index (χ4n) is 3.19. The van der Waals surface area contributed by atoms with Crippen molar-refractivity contribution in [1.82, 2.24) is 15.1 Å². The Hall–Kier alpha value is -2.41. The van der Waals surface area contributed by atoms with Crippen LogP contribution in [0.1, 0.15) is 19.3 Å². The number of aromatic amines is 1. The molecule has 24 heavy (non-hydrogen) atoms. The van der Waals surface area contributed by atoms with Gasteiger partial charge in [0.1, 0.15) is 0 Å². The molecule has 0 bridgehead atoms. The van der Waals surface area contributed by atoms with Crippen LogP contribution in [-0.2, 0) is 16.1 Å². The van der Waals surface area contributed by atoms with Crippen molar-refractivity contribution in [1.29, 1.82) is 0 Å². The van der Waals surface area contributed by atoms with Crippen LogP contribution in [0.5, 0.6) is 0 Å². The van der Waals surface area contributed by atoms with Crippen molar-refractivity contribution >= 4 is 16.7 Å². The number of carbonyl (C=O) groups is 1. The van der Waals surface area contributed by atoms with Gasteiger partial charge in [0.25, 0.3) is 11.1 Å². The lowest BCUT2D eigenvalue weighted by molar-refractivity contribution is -0.140. The predicted molar refractivity (Wildman–Crippen MR) is 90.0 cm³/mol. The molecule has 0 atom stereocenters. The zero-order valence-corrected chi connectivity index (χ0v) is 13.6. The number of carbonyl (C=O) groups excluding carboxylic acids is 1. The van der Waals surface area contributed by atoms with E-state index in [1.54, 1.807) is 31.4 Å². The van der Waals surface area contributed by atoms with Crippen molar-refractivity contribution in [2.45, 2.75) is 25.8 Å². The number of methoxy groups -OCH3 is 1. The van der Waals surface area contributed by atoms with E-state index in [0.29, 0.717) is 17.4 Å². The van der Waals surface area contributed by atoms with E-state index in [2.05, 4.69) is 10.4 Å². The van der Waals surface area contributed by atoms with Gasteiger partial charge in [0.05, 0.1) is 29.3 Å². The summed E-state index contributed by atoms with van der Waals surface area (Å²) < 4.78 is 6.40. The van der Waals surface area contributed by atoms with Gasteiger partial charge in [-0.15, -0.1) is 0 Å². The molecule has 3 rings (SSSR count). The molecule has 2 N–H and O–H groups in total. The van der Waals surface area contributed by atoms with Crippen LogP contribution in [0.15, 0.2) is 33.9 Å². The van der Waals surface area contributed by atoms with Crippen LogP contribution in [0.2, 0.25) is 0 Å². The largest absolute Gasteiger partial charge is 0.384 e. The SMILES string of the molecule is COCC1(C(=O)NCCn2[nH]c(=O)c3ccccc3c2=O)CCC1. The molecule has 0 unspecified atom stereocenters. The number of hydrogen-bond donors (Lipinski definition) is 2. The van der Waals surface area contributed by atoms with Gasteiger partial charge in [-0.25, -0.2) is 4.68 Å². The topological polar surface area (TPSA) is 93.2 Å². The molecule has 1 aromatic carbocycles. The Morgan fingerprint density at radius 1 is 1.29 bits per heavy atom. The van der Waals surface area contributed by atoms with Gasteiger partial charge >= 0.3 is 0 Å². The third-order valence-electron chi connectivity index (χ3n) is 4.72. The van der Waals surface area contributed by atoms with E-state index in [9.17, 15) is 14.4 Å². The molecule has 0 radical (unpaired) electrons. The van der Waals surface area contributed by atoms with Gasteiger partial charge in [0.2, 0.25) is 5.91 Å². The molecule has 1 aromatic heterocycles. The number of amides is 1. The maximum absolute atomic E-state index is 12.4. The van der Waals surface area contributed by atoms with Crippen molar-refractivity contribution < 1.29 is 9.53 Å². The predicted octanol–water partition coefficient (Wildman–Crippen LogP) is 0.623. The minimum atomic E-state index is -0.434. The Balaban J connectivity index is 1.70. The molecular weight excluding hydrogens is 310 g/mol. The van der Waals surface area contributed by atoms with Crippen molar-refractivity contribution in [2.75, 3.05) is 20.3 Å². The number of ether oxygens (including phenoxy) is 1. The zero-order chi connectivity index (χ0) is 17.2. The molecule has 1 amide bonds. The quantitative estimate of drug-likeness (QED) is 0.811. The molecule has 1 saturated carbocycles. The summed E-state index contributed by atoms with van der Waals surface area (Å²) in [6.45, 7) is 0.901. The van der Waals surface area contributed by atoms with E-state index in [-0.39, 0.29) is 30.1 Å². The molecule has 1 heterocycles. The molecule has 1 aliphatic carbocycles. The minimum Gasteiger partial charge on any atom is -0.384 e. The smallest absolute Gasteiger partial charge is 0.273 e. The summed E-state index contributed by atoms with van der Waals surface area (Å²) in [4.78, 5) is 36.8. The van der Waals surface area contributed by atoms with Gasteiger partial charge in [0, 0.05) is 13.7 Å². The van der Waals surface area contributed by atoms with E-state index in [1.807, 2.05) is 0 Å². The Kier molecular flexibility index (Phi) is 4.53. The normalized spacial score (nSPS) is 15.9. The highest BCUT2D eigenvalue weighted by atomic mass is 16.5. The average Bonchev–Trinajstić information content (AvgIpc) is 2.55. The maximum atomic E-state index is 12.4. The highest BCUT2D eigenvalue weighted by Gasteiger charge is 2.43. The van der Waals surface area contributed by atoms with E-state index in [1.165, 1.54) is 4.68 Å². The Labute approximate surface area is 138 Å². The summed E-state index contributed by atoms with van der Waals surface area (Å²) in [5.74, 6) is -0.0493. The molecule has 2 aromatic rings. The van der Waals surface area contributed by atoms with Gasteiger partial charge in [-0.3, -0.25) is 19.5 Å². The minimum absolute atomic E-state index is 0.0493.